The van der Waals surface area contributed by atoms with Gasteiger partial charge in [0.25, 0.3) is 0 Å². The Morgan fingerprint density at radius 3 is 2.69 bits per heavy atom. The van der Waals surface area contributed by atoms with Gasteiger partial charge < -0.3 is 0 Å². The predicted molar refractivity (Wildman–Crippen MR) is 65.9 cm³/mol. The summed E-state index contributed by atoms with van der Waals surface area (Å²) in [4.78, 5) is 0. The second-order valence-electron chi connectivity index (χ2n) is 3.66. The normalized spacial score (nSPS) is 10.1. The van der Waals surface area contributed by atoms with Gasteiger partial charge in [0.15, 0.2) is 0 Å². The number of aromatic nitrogens is 2. The van der Waals surface area contributed by atoms with Crippen LogP contribution in [0.15, 0.2) is 22.8 Å². The molecule has 0 unspecified atom stereocenters. The lowest BCUT2D eigenvalue weighted by molar-refractivity contribution is 1.03. The third kappa shape index (κ3) is 1.74. The Morgan fingerprint density at radius 2 is 2.12 bits per heavy atom. The van der Waals surface area contributed by atoms with E-state index in [1.165, 1.54) is 0 Å². The van der Waals surface area contributed by atoms with Crippen LogP contribution in [0, 0.1) is 25.2 Å². The minimum Gasteiger partial charge on any atom is -0.281 e. The Hall–Kier alpha value is -1.60. The highest BCUT2D eigenvalue weighted by atomic mass is 79.9. The van der Waals surface area contributed by atoms with Gasteiger partial charge in [-0.15, -0.1) is 0 Å². The molecule has 0 aliphatic heterocycles. The molecule has 1 aromatic heterocycles. The van der Waals surface area contributed by atoms with Gasteiger partial charge in [0.1, 0.15) is 4.60 Å². The number of aryl methyl sites for hydroxylation is 2. The molecular formula is C12H10BrN3. The maximum atomic E-state index is 8.90. The van der Waals surface area contributed by atoms with Gasteiger partial charge >= 0.3 is 0 Å². The van der Waals surface area contributed by atoms with Crippen molar-refractivity contribution < 1.29 is 0 Å². The molecule has 1 N–H and O–H groups in total. The maximum absolute atomic E-state index is 8.90. The second-order valence-corrected chi connectivity index (χ2v) is 4.41. The van der Waals surface area contributed by atoms with Crippen LogP contribution in [0.25, 0.3) is 11.1 Å². The van der Waals surface area contributed by atoms with Crippen LogP contribution in [-0.2, 0) is 0 Å². The zero-order valence-corrected chi connectivity index (χ0v) is 10.6. The molecule has 80 valence electrons. The number of H-pyrrole nitrogens is 1. The second kappa shape index (κ2) is 4.11. The van der Waals surface area contributed by atoms with Crippen LogP contribution in [0.1, 0.15) is 16.8 Å². The molecule has 2 aromatic rings. The Balaban J connectivity index is 2.69. The topological polar surface area (TPSA) is 52.5 Å². The van der Waals surface area contributed by atoms with Crippen LogP contribution in [0.3, 0.4) is 0 Å². The van der Waals surface area contributed by atoms with Crippen molar-refractivity contribution in [2.24, 2.45) is 0 Å². The highest BCUT2D eigenvalue weighted by molar-refractivity contribution is 9.10. The summed E-state index contributed by atoms with van der Waals surface area (Å²) in [5.74, 6) is 0. The summed E-state index contributed by atoms with van der Waals surface area (Å²) < 4.78 is 0.781. The zero-order chi connectivity index (χ0) is 11.7. The molecule has 1 heterocycles. The highest BCUT2D eigenvalue weighted by Gasteiger charge is 2.12. The molecule has 0 radical (unpaired) electrons. The average Bonchev–Trinajstić information content (AvgIpc) is 2.60. The van der Waals surface area contributed by atoms with Crippen molar-refractivity contribution in [1.82, 2.24) is 10.2 Å². The van der Waals surface area contributed by atoms with E-state index in [9.17, 15) is 0 Å². The summed E-state index contributed by atoms with van der Waals surface area (Å²) in [7, 11) is 0. The Kier molecular flexibility index (Phi) is 2.80. The molecule has 0 spiro atoms. The first-order valence-corrected chi connectivity index (χ1v) is 5.64. The fraction of sp³-hybridized carbons (Fsp3) is 0.167. The molecule has 0 aliphatic carbocycles. The number of hydrogen-bond donors (Lipinski definition) is 1. The first kappa shape index (κ1) is 10.9. The van der Waals surface area contributed by atoms with E-state index in [0.717, 1.165) is 27.0 Å². The van der Waals surface area contributed by atoms with Crippen molar-refractivity contribution in [3.05, 3.63) is 39.6 Å². The van der Waals surface area contributed by atoms with Gasteiger partial charge in [0, 0.05) is 11.3 Å². The average molecular weight is 276 g/mol. The van der Waals surface area contributed by atoms with Gasteiger partial charge in [-0.3, -0.25) is 5.10 Å². The van der Waals surface area contributed by atoms with Gasteiger partial charge in [-0.2, -0.15) is 10.4 Å². The first-order chi connectivity index (χ1) is 7.63. The fourth-order valence-electron chi connectivity index (χ4n) is 1.67. The van der Waals surface area contributed by atoms with Crippen LogP contribution in [0.2, 0.25) is 0 Å². The summed E-state index contributed by atoms with van der Waals surface area (Å²) in [6, 6.07) is 7.81. The van der Waals surface area contributed by atoms with Gasteiger partial charge in [-0.05, 0) is 53.0 Å². The molecule has 4 heteroatoms. The van der Waals surface area contributed by atoms with Gasteiger partial charge in [-0.1, -0.05) is 6.07 Å². The molecule has 0 saturated heterocycles. The first-order valence-electron chi connectivity index (χ1n) is 4.85. The Morgan fingerprint density at radius 1 is 1.38 bits per heavy atom. The smallest absolute Gasteiger partial charge is 0.135 e. The minimum absolute atomic E-state index is 0.660. The molecule has 0 atom stereocenters. The van der Waals surface area contributed by atoms with Gasteiger partial charge in [-0.25, -0.2) is 0 Å². The summed E-state index contributed by atoms with van der Waals surface area (Å²) >= 11 is 3.41. The van der Waals surface area contributed by atoms with E-state index in [4.69, 9.17) is 5.26 Å². The molecule has 0 fully saturated rings. The van der Waals surface area contributed by atoms with E-state index in [1.807, 2.05) is 32.0 Å². The third-order valence-corrected chi connectivity index (χ3v) is 3.11. The number of nitrogens with zero attached hydrogens (tertiary/aromatic N) is 2. The van der Waals surface area contributed by atoms with Crippen molar-refractivity contribution in [3.8, 4) is 17.2 Å². The standard InChI is InChI=1S/C12H10BrN3/c1-7-3-4-9(6-14)5-10(7)11-8(2)15-16-12(11)13/h3-5H,1-2H3,(H,15,16). The zero-order valence-electron chi connectivity index (χ0n) is 9.00. The van der Waals surface area contributed by atoms with Crippen LogP contribution in [0.4, 0.5) is 0 Å². The Bertz CT molecular complexity index is 559. The van der Waals surface area contributed by atoms with E-state index in [1.54, 1.807) is 0 Å². The summed E-state index contributed by atoms with van der Waals surface area (Å²) in [6.45, 7) is 3.99. The van der Waals surface area contributed by atoms with Crippen LogP contribution in [0.5, 0.6) is 0 Å². The van der Waals surface area contributed by atoms with Gasteiger partial charge in [0.2, 0.25) is 0 Å². The molecule has 0 amide bonds. The molecule has 3 nitrogen and oxygen atoms in total. The number of nitrogens with one attached hydrogen (secondary N) is 1. The van der Waals surface area contributed by atoms with E-state index in [0.29, 0.717) is 5.56 Å². The number of rotatable bonds is 1. The van der Waals surface area contributed by atoms with Crippen LogP contribution >= 0.6 is 15.9 Å². The lowest BCUT2D eigenvalue weighted by atomic mass is 9.99. The summed E-state index contributed by atoms with van der Waals surface area (Å²) in [5, 5.41) is 15.9. The largest absolute Gasteiger partial charge is 0.281 e. The Labute approximate surface area is 102 Å². The molecular weight excluding hydrogens is 266 g/mol. The molecule has 0 aliphatic rings. The van der Waals surface area contributed by atoms with Crippen molar-refractivity contribution in [3.63, 3.8) is 0 Å². The quantitative estimate of drug-likeness (QED) is 0.868. The minimum atomic E-state index is 0.660. The van der Waals surface area contributed by atoms with Crippen LogP contribution in [-0.4, -0.2) is 10.2 Å². The summed E-state index contributed by atoms with van der Waals surface area (Å²) in [5.41, 5.74) is 4.84. The van der Waals surface area contributed by atoms with E-state index < -0.39 is 0 Å². The van der Waals surface area contributed by atoms with E-state index >= 15 is 0 Å². The van der Waals surface area contributed by atoms with E-state index in [2.05, 4.69) is 32.2 Å². The van der Waals surface area contributed by atoms with Crippen molar-refractivity contribution >= 4 is 15.9 Å². The third-order valence-electron chi connectivity index (χ3n) is 2.54. The van der Waals surface area contributed by atoms with Gasteiger partial charge in [0.05, 0.1) is 11.6 Å². The number of nitriles is 1. The van der Waals surface area contributed by atoms with Crippen molar-refractivity contribution in [2.75, 3.05) is 0 Å². The lowest BCUT2D eigenvalue weighted by Crippen LogP contribution is -1.87. The molecule has 16 heavy (non-hydrogen) atoms. The molecule has 1 aromatic carbocycles. The molecule has 2 rings (SSSR count). The lowest BCUT2D eigenvalue weighted by Gasteiger charge is -2.05. The monoisotopic (exact) mass is 275 g/mol. The van der Waals surface area contributed by atoms with E-state index in [-0.39, 0.29) is 0 Å². The van der Waals surface area contributed by atoms with Crippen molar-refractivity contribution in [2.45, 2.75) is 13.8 Å². The fourth-order valence-corrected chi connectivity index (χ4v) is 2.27. The molecule has 0 saturated carbocycles. The SMILES string of the molecule is Cc1ccc(C#N)cc1-c1c(Br)n[nH]c1C. The highest BCUT2D eigenvalue weighted by Crippen LogP contribution is 2.32. The number of aromatic amines is 1. The number of halogens is 1. The number of hydrogen-bond acceptors (Lipinski definition) is 2. The predicted octanol–water partition coefficient (Wildman–Crippen LogP) is 3.33. The van der Waals surface area contributed by atoms with Crippen molar-refractivity contribution in [1.29, 1.82) is 5.26 Å². The maximum Gasteiger partial charge on any atom is 0.135 e. The molecule has 0 bridgehead atoms. The number of benzene rings is 1. The van der Waals surface area contributed by atoms with Crippen LogP contribution < -0.4 is 0 Å². The summed E-state index contributed by atoms with van der Waals surface area (Å²) in [6.07, 6.45) is 0.